The van der Waals surface area contributed by atoms with Gasteiger partial charge in [-0.1, -0.05) is 17.7 Å². The van der Waals surface area contributed by atoms with Crippen LogP contribution in [0.5, 0.6) is 0 Å². The number of benzene rings is 1. The minimum absolute atomic E-state index is 0.0783. The molecule has 2 unspecified atom stereocenters. The smallest absolute Gasteiger partial charge is 0.281 e. The summed E-state index contributed by atoms with van der Waals surface area (Å²) in [5.74, 6) is 0.00402. The standard InChI is InChI=1S/C16H19ClN4O4/c1-11-7-12(10-25-11)9-19-5-6-20(16(19)18-21(23)24)15(22)13-3-2-4-14(17)8-13/h2-4,8,11-12H,5-7,9-10H2,1H3. The first kappa shape index (κ1) is 17.6. The van der Waals surface area contributed by atoms with E-state index in [-0.39, 0.29) is 23.9 Å². The Balaban J connectivity index is 1.79. The average Bonchev–Trinajstić information content (AvgIpc) is 3.13. The van der Waals surface area contributed by atoms with Gasteiger partial charge in [0.25, 0.3) is 11.9 Å². The minimum atomic E-state index is -0.764. The second-order valence-electron chi connectivity index (χ2n) is 6.30. The SMILES string of the molecule is CC1CC(CN2CCN(C(=O)c3cccc(Cl)c3)C2=N[N+](=O)[O-])CO1. The predicted molar refractivity (Wildman–Crippen MR) is 92.0 cm³/mol. The molecule has 0 spiro atoms. The molecule has 8 nitrogen and oxygen atoms in total. The minimum Gasteiger partial charge on any atom is -0.378 e. The molecule has 1 aromatic rings. The van der Waals surface area contributed by atoms with Gasteiger partial charge in [0, 0.05) is 36.1 Å². The molecule has 0 aromatic heterocycles. The fourth-order valence-corrected chi connectivity index (χ4v) is 3.46. The van der Waals surface area contributed by atoms with Gasteiger partial charge in [0.1, 0.15) is 5.10 Å². The number of carbonyl (C=O) groups excluding carboxylic acids is 1. The number of nitrogens with zero attached hydrogens (tertiary/aromatic N) is 4. The molecule has 2 atom stereocenters. The third kappa shape index (κ3) is 4.08. The molecule has 0 radical (unpaired) electrons. The summed E-state index contributed by atoms with van der Waals surface area (Å²) in [5.41, 5.74) is 0.378. The summed E-state index contributed by atoms with van der Waals surface area (Å²) in [5, 5.41) is 14.1. The highest BCUT2D eigenvalue weighted by molar-refractivity contribution is 6.31. The summed E-state index contributed by atoms with van der Waals surface area (Å²) in [6, 6.07) is 6.52. The van der Waals surface area contributed by atoms with E-state index in [1.807, 2.05) is 6.92 Å². The molecule has 2 heterocycles. The highest BCUT2D eigenvalue weighted by Crippen LogP contribution is 2.23. The van der Waals surface area contributed by atoms with E-state index in [1.165, 1.54) is 4.90 Å². The number of rotatable bonds is 4. The molecule has 9 heteroatoms. The summed E-state index contributed by atoms with van der Waals surface area (Å²) in [6.07, 6.45) is 1.08. The van der Waals surface area contributed by atoms with Gasteiger partial charge in [-0.3, -0.25) is 9.69 Å². The zero-order chi connectivity index (χ0) is 18.0. The first-order valence-electron chi connectivity index (χ1n) is 8.11. The Morgan fingerprint density at radius 3 is 2.92 bits per heavy atom. The van der Waals surface area contributed by atoms with Crippen LogP contribution < -0.4 is 0 Å². The Morgan fingerprint density at radius 1 is 1.48 bits per heavy atom. The normalized spacial score (nSPS) is 25.0. The second-order valence-corrected chi connectivity index (χ2v) is 6.73. The van der Waals surface area contributed by atoms with Gasteiger partial charge >= 0.3 is 0 Å². The van der Waals surface area contributed by atoms with Crippen LogP contribution in [0.15, 0.2) is 29.4 Å². The summed E-state index contributed by atoms with van der Waals surface area (Å²) in [6.45, 7) is 4.05. The Kier molecular flexibility index (Phi) is 5.19. The van der Waals surface area contributed by atoms with Crippen LogP contribution in [0.3, 0.4) is 0 Å². The number of ether oxygens (including phenoxy) is 1. The van der Waals surface area contributed by atoms with Crippen LogP contribution in [0.4, 0.5) is 0 Å². The molecule has 2 fully saturated rings. The summed E-state index contributed by atoms with van der Waals surface area (Å²) < 4.78 is 5.55. The van der Waals surface area contributed by atoms with E-state index < -0.39 is 5.03 Å². The van der Waals surface area contributed by atoms with Crippen molar-refractivity contribution >= 4 is 23.5 Å². The summed E-state index contributed by atoms with van der Waals surface area (Å²) in [4.78, 5) is 26.8. The van der Waals surface area contributed by atoms with Gasteiger partial charge in [0.2, 0.25) is 0 Å². The lowest BCUT2D eigenvalue weighted by Crippen LogP contribution is -2.40. The Hall–Kier alpha value is -2.19. The van der Waals surface area contributed by atoms with Gasteiger partial charge < -0.3 is 9.64 Å². The third-order valence-corrected chi connectivity index (χ3v) is 4.60. The Morgan fingerprint density at radius 2 is 2.28 bits per heavy atom. The third-order valence-electron chi connectivity index (χ3n) is 4.37. The van der Waals surface area contributed by atoms with Crippen molar-refractivity contribution in [3.8, 4) is 0 Å². The van der Waals surface area contributed by atoms with Gasteiger partial charge in [-0.15, -0.1) is 0 Å². The maximum absolute atomic E-state index is 12.7. The number of halogens is 1. The van der Waals surface area contributed by atoms with E-state index in [9.17, 15) is 14.9 Å². The predicted octanol–water partition coefficient (Wildman–Crippen LogP) is 2.07. The van der Waals surface area contributed by atoms with Crippen molar-refractivity contribution < 1.29 is 14.6 Å². The Bertz CT molecular complexity index is 711. The highest BCUT2D eigenvalue weighted by atomic mass is 35.5. The van der Waals surface area contributed by atoms with Crippen molar-refractivity contribution in [2.75, 3.05) is 26.2 Å². The lowest BCUT2D eigenvalue weighted by atomic mass is 10.1. The number of hydrogen-bond donors (Lipinski definition) is 0. The topological polar surface area (TPSA) is 88.3 Å². The van der Waals surface area contributed by atoms with Crippen molar-refractivity contribution in [3.05, 3.63) is 45.0 Å². The molecule has 3 rings (SSSR count). The zero-order valence-electron chi connectivity index (χ0n) is 13.8. The fourth-order valence-electron chi connectivity index (χ4n) is 3.27. The molecule has 2 saturated heterocycles. The highest BCUT2D eigenvalue weighted by Gasteiger charge is 2.36. The monoisotopic (exact) mass is 366 g/mol. The quantitative estimate of drug-likeness (QED) is 0.601. The molecule has 0 N–H and O–H groups in total. The molecule has 0 aliphatic carbocycles. The maximum Gasteiger partial charge on any atom is 0.281 e. The molecule has 134 valence electrons. The molecule has 0 saturated carbocycles. The summed E-state index contributed by atoms with van der Waals surface area (Å²) >= 11 is 5.94. The van der Waals surface area contributed by atoms with Gasteiger partial charge in [-0.25, -0.2) is 10.1 Å². The van der Waals surface area contributed by atoms with Crippen molar-refractivity contribution in [2.45, 2.75) is 19.4 Å². The molecular weight excluding hydrogens is 348 g/mol. The molecular formula is C16H19ClN4O4. The van der Waals surface area contributed by atoms with E-state index in [0.29, 0.717) is 36.8 Å². The zero-order valence-corrected chi connectivity index (χ0v) is 14.6. The number of carbonyl (C=O) groups is 1. The molecule has 1 aromatic carbocycles. The molecule has 1 amide bonds. The maximum atomic E-state index is 12.7. The molecule has 2 aliphatic rings. The average molecular weight is 367 g/mol. The van der Waals surface area contributed by atoms with Crippen LogP contribution >= 0.6 is 11.6 Å². The van der Waals surface area contributed by atoms with E-state index in [1.54, 1.807) is 29.2 Å². The van der Waals surface area contributed by atoms with Crippen LogP contribution in [-0.2, 0) is 4.74 Å². The van der Waals surface area contributed by atoms with Crippen LogP contribution in [0, 0.1) is 16.0 Å². The van der Waals surface area contributed by atoms with Gasteiger partial charge in [-0.2, -0.15) is 0 Å². The van der Waals surface area contributed by atoms with Crippen LogP contribution in [-0.4, -0.2) is 59.0 Å². The van der Waals surface area contributed by atoms with Gasteiger partial charge in [0.15, 0.2) is 5.03 Å². The van der Waals surface area contributed by atoms with Crippen LogP contribution in [0.25, 0.3) is 0 Å². The first-order valence-corrected chi connectivity index (χ1v) is 8.49. The number of hydrogen-bond acceptors (Lipinski definition) is 4. The number of guanidine groups is 1. The second kappa shape index (κ2) is 7.37. The van der Waals surface area contributed by atoms with E-state index in [4.69, 9.17) is 16.3 Å². The van der Waals surface area contributed by atoms with Crippen molar-refractivity contribution in [1.29, 1.82) is 0 Å². The first-order chi connectivity index (χ1) is 11.9. The number of hydrazone groups is 1. The number of amides is 1. The largest absolute Gasteiger partial charge is 0.378 e. The number of nitro groups is 1. The molecule has 2 aliphatic heterocycles. The van der Waals surface area contributed by atoms with Crippen molar-refractivity contribution in [3.63, 3.8) is 0 Å². The van der Waals surface area contributed by atoms with E-state index in [0.717, 1.165) is 6.42 Å². The van der Waals surface area contributed by atoms with Crippen molar-refractivity contribution in [2.24, 2.45) is 11.0 Å². The van der Waals surface area contributed by atoms with Gasteiger partial charge in [-0.05, 0) is 31.5 Å². The molecule has 25 heavy (non-hydrogen) atoms. The lowest BCUT2D eigenvalue weighted by molar-refractivity contribution is -0.486. The summed E-state index contributed by atoms with van der Waals surface area (Å²) in [7, 11) is 0. The van der Waals surface area contributed by atoms with Crippen LogP contribution in [0.2, 0.25) is 5.02 Å². The van der Waals surface area contributed by atoms with Crippen LogP contribution in [0.1, 0.15) is 23.7 Å². The molecule has 0 bridgehead atoms. The Labute approximate surface area is 150 Å². The van der Waals surface area contributed by atoms with E-state index >= 15 is 0 Å². The van der Waals surface area contributed by atoms with E-state index in [2.05, 4.69) is 5.10 Å². The lowest BCUT2D eigenvalue weighted by Gasteiger charge is -2.22. The fraction of sp³-hybridized carbons (Fsp3) is 0.500. The van der Waals surface area contributed by atoms with Crippen molar-refractivity contribution in [1.82, 2.24) is 9.80 Å². The van der Waals surface area contributed by atoms with Gasteiger partial charge in [0.05, 0.1) is 12.7 Å².